The third-order valence-corrected chi connectivity index (χ3v) is 1.80. The number of aliphatic hydroxyl groups excluding tert-OH is 1. The molecule has 0 aromatic rings. The van der Waals surface area contributed by atoms with Crippen molar-refractivity contribution < 1.29 is 15.0 Å². The Morgan fingerprint density at radius 2 is 2.15 bits per heavy atom. The number of hydrogen-bond donors (Lipinski definition) is 3. The lowest BCUT2D eigenvalue weighted by Gasteiger charge is -2.08. The predicted molar refractivity (Wildman–Crippen MR) is 50.6 cm³/mol. The van der Waals surface area contributed by atoms with E-state index in [0.29, 0.717) is 0 Å². The maximum absolute atomic E-state index is 10.1. The van der Waals surface area contributed by atoms with Crippen molar-refractivity contribution in [3.8, 4) is 0 Å². The van der Waals surface area contributed by atoms with Crippen LogP contribution in [0.3, 0.4) is 0 Å². The average molecular weight is 189 g/mol. The number of unbranched alkanes of at least 4 members (excludes halogenated alkanes) is 1. The minimum Gasteiger partial charge on any atom is -0.481 e. The first-order chi connectivity index (χ1) is 6.16. The van der Waals surface area contributed by atoms with Crippen molar-refractivity contribution in [2.75, 3.05) is 19.7 Å². The molecule has 0 saturated carbocycles. The molecule has 78 valence electrons. The van der Waals surface area contributed by atoms with E-state index in [4.69, 9.17) is 10.2 Å². The maximum Gasteiger partial charge on any atom is 0.303 e. The molecule has 4 nitrogen and oxygen atoms in total. The Hall–Kier alpha value is -0.610. The molecule has 0 aliphatic carbocycles. The lowest BCUT2D eigenvalue weighted by Crippen LogP contribution is -2.24. The molecule has 1 atom stereocenters. The van der Waals surface area contributed by atoms with E-state index >= 15 is 0 Å². The smallest absolute Gasteiger partial charge is 0.303 e. The summed E-state index contributed by atoms with van der Waals surface area (Å²) in [6, 6.07) is 0. The fourth-order valence-electron chi connectivity index (χ4n) is 0.939. The van der Waals surface area contributed by atoms with Crippen LogP contribution < -0.4 is 5.32 Å². The highest BCUT2D eigenvalue weighted by Crippen LogP contribution is 1.94. The summed E-state index contributed by atoms with van der Waals surface area (Å²) in [5.74, 6) is -0.455. The number of aliphatic hydroxyl groups is 1. The van der Waals surface area contributed by atoms with Crippen molar-refractivity contribution in [3.63, 3.8) is 0 Å². The Bertz CT molecular complexity index is 139. The highest BCUT2D eigenvalue weighted by Gasteiger charge is 1.99. The van der Waals surface area contributed by atoms with Crippen LogP contribution in [0, 0.1) is 5.92 Å². The van der Waals surface area contributed by atoms with Gasteiger partial charge in [0.05, 0.1) is 0 Å². The fraction of sp³-hybridized carbons (Fsp3) is 0.889. The van der Waals surface area contributed by atoms with Gasteiger partial charge < -0.3 is 15.5 Å². The van der Waals surface area contributed by atoms with Gasteiger partial charge in [0, 0.05) is 13.0 Å². The maximum atomic E-state index is 10.1. The summed E-state index contributed by atoms with van der Waals surface area (Å²) in [7, 11) is 0. The van der Waals surface area contributed by atoms with Crippen LogP contribution in [-0.2, 0) is 4.79 Å². The zero-order valence-electron chi connectivity index (χ0n) is 8.12. The second-order valence-electron chi connectivity index (χ2n) is 3.34. The van der Waals surface area contributed by atoms with Crippen LogP contribution >= 0.6 is 0 Å². The van der Waals surface area contributed by atoms with Crippen LogP contribution in [0.4, 0.5) is 0 Å². The minimum atomic E-state index is -0.733. The van der Waals surface area contributed by atoms with Crippen molar-refractivity contribution in [1.29, 1.82) is 0 Å². The van der Waals surface area contributed by atoms with Crippen molar-refractivity contribution in [3.05, 3.63) is 0 Å². The summed E-state index contributed by atoms with van der Waals surface area (Å²) < 4.78 is 0. The van der Waals surface area contributed by atoms with Crippen molar-refractivity contribution in [2.24, 2.45) is 5.92 Å². The van der Waals surface area contributed by atoms with E-state index in [-0.39, 0.29) is 18.9 Å². The Kier molecular flexibility index (Phi) is 7.63. The van der Waals surface area contributed by atoms with Gasteiger partial charge in [-0.25, -0.2) is 0 Å². The quantitative estimate of drug-likeness (QED) is 0.485. The van der Waals surface area contributed by atoms with Gasteiger partial charge in [-0.2, -0.15) is 0 Å². The van der Waals surface area contributed by atoms with Crippen LogP contribution in [0.1, 0.15) is 26.2 Å². The Morgan fingerprint density at radius 3 is 2.69 bits per heavy atom. The number of hydrogen-bond acceptors (Lipinski definition) is 3. The summed E-state index contributed by atoms with van der Waals surface area (Å²) in [5, 5.41) is 20.2. The normalized spacial score (nSPS) is 12.8. The summed E-state index contributed by atoms with van der Waals surface area (Å²) >= 11 is 0. The number of carbonyl (C=O) groups is 1. The molecule has 1 unspecified atom stereocenters. The largest absolute Gasteiger partial charge is 0.481 e. The fourth-order valence-corrected chi connectivity index (χ4v) is 0.939. The van der Waals surface area contributed by atoms with Crippen molar-refractivity contribution >= 4 is 5.97 Å². The van der Waals surface area contributed by atoms with Crippen molar-refractivity contribution in [2.45, 2.75) is 26.2 Å². The van der Waals surface area contributed by atoms with E-state index in [9.17, 15) is 4.79 Å². The van der Waals surface area contributed by atoms with Gasteiger partial charge in [-0.15, -0.1) is 0 Å². The predicted octanol–water partition coefficient (Wildman–Crippen LogP) is 0.459. The first-order valence-corrected chi connectivity index (χ1v) is 4.70. The highest BCUT2D eigenvalue weighted by atomic mass is 16.4. The Morgan fingerprint density at radius 1 is 1.46 bits per heavy atom. The van der Waals surface area contributed by atoms with Gasteiger partial charge in [0.15, 0.2) is 0 Å². The number of rotatable bonds is 8. The highest BCUT2D eigenvalue weighted by molar-refractivity contribution is 5.66. The molecule has 0 spiro atoms. The molecule has 0 amide bonds. The van der Waals surface area contributed by atoms with Crippen LogP contribution in [0.15, 0.2) is 0 Å². The third-order valence-electron chi connectivity index (χ3n) is 1.80. The Balaban J connectivity index is 3.04. The van der Waals surface area contributed by atoms with Gasteiger partial charge >= 0.3 is 5.97 Å². The van der Waals surface area contributed by atoms with Gasteiger partial charge in [0.25, 0.3) is 0 Å². The van der Waals surface area contributed by atoms with Gasteiger partial charge in [0.2, 0.25) is 0 Å². The molecular formula is C9H19NO3. The van der Waals surface area contributed by atoms with Crippen LogP contribution in [0.2, 0.25) is 0 Å². The molecule has 0 heterocycles. The molecule has 0 aromatic carbocycles. The first-order valence-electron chi connectivity index (χ1n) is 4.70. The molecule has 0 rings (SSSR count). The molecule has 4 heteroatoms. The molecule has 0 radical (unpaired) electrons. The summed E-state index contributed by atoms with van der Waals surface area (Å²) in [6.07, 6.45) is 1.84. The summed E-state index contributed by atoms with van der Waals surface area (Å²) in [4.78, 5) is 10.1. The third kappa shape index (κ3) is 9.30. The van der Waals surface area contributed by atoms with E-state index < -0.39 is 5.97 Å². The summed E-state index contributed by atoms with van der Waals surface area (Å²) in [6.45, 7) is 3.79. The van der Waals surface area contributed by atoms with Gasteiger partial charge in [-0.3, -0.25) is 4.79 Å². The summed E-state index contributed by atoms with van der Waals surface area (Å²) in [5.41, 5.74) is 0. The first kappa shape index (κ1) is 12.4. The second kappa shape index (κ2) is 8.01. The lowest BCUT2D eigenvalue weighted by atomic mass is 10.2. The lowest BCUT2D eigenvalue weighted by molar-refractivity contribution is -0.137. The van der Waals surface area contributed by atoms with Gasteiger partial charge in [-0.05, 0) is 31.8 Å². The standard InChI is InChI=1S/C9H19NO3/c1-8(7-11)6-10-5-3-2-4-9(12)13/h8,10-11H,2-7H2,1H3,(H,12,13). The molecule has 0 bridgehead atoms. The molecule has 0 aromatic heterocycles. The zero-order valence-corrected chi connectivity index (χ0v) is 8.12. The molecule has 3 N–H and O–H groups in total. The second-order valence-corrected chi connectivity index (χ2v) is 3.34. The van der Waals surface area contributed by atoms with Crippen LogP contribution in [0.5, 0.6) is 0 Å². The molecule has 0 fully saturated rings. The minimum absolute atomic E-state index is 0.197. The molecule has 0 aliphatic rings. The van der Waals surface area contributed by atoms with E-state index in [0.717, 1.165) is 25.9 Å². The topological polar surface area (TPSA) is 69.6 Å². The Labute approximate surface area is 79.0 Å². The monoisotopic (exact) mass is 189 g/mol. The molecular weight excluding hydrogens is 170 g/mol. The van der Waals surface area contributed by atoms with Crippen molar-refractivity contribution in [1.82, 2.24) is 5.32 Å². The zero-order chi connectivity index (χ0) is 10.1. The van der Waals surface area contributed by atoms with Gasteiger partial charge in [0.1, 0.15) is 0 Å². The molecule has 0 saturated heterocycles. The van der Waals surface area contributed by atoms with Crippen LogP contribution in [0.25, 0.3) is 0 Å². The van der Waals surface area contributed by atoms with E-state index in [1.807, 2.05) is 6.92 Å². The molecule has 0 aliphatic heterocycles. The van der Waals surface area contributed by atoms with E-state index in [1.165, 1.54) is 0 Å². The van der Waals surface area contributed by atoms with E-state index in [2.05, 4.69) is 5.32 Å². The number of carboxylic acid groups (broad SMARTS) is 1. The number of aliphatic carboxylic acids is 1. The van der Waals surface area contributed by atoms with Crippen LogP contribution in [-0.4, -0.2) is 35.9 Å². The average Bonchev–Trinajstić information content (AvgIpc) is 2.10. The number of nitrogens with one attached hydrogen (secondary N) is 1. The molecule has 13 heavy (non-hydrogen) atoms. The number of carboxylic acids is 1. The van der Waals surface area contributed by atoms with E-state index in [1.54, 1.807) is 0 Å². The SMILES string of the molecule is CC(CO)CNCCCCC(=O)O. The van der Waals surface area contributed by atoms with Gasteiger partial charge in [-0.1, -0.05) is 6.92 Å².